The highest BCUT2D eigenvalue weighted by molar-refractivity contribution is 9.10. The summed E-state index contributed by atoms with van der Waals surface area (Å²) in [6, 6.07) is 11.4. The Kier molecular flexibility index (Phi) is 4.64. The molecule has 0 spiro atoms. The van der Waals surface area contributed by atoms with Gasteiger partial charge in [0, 0.05) is 34.2 Å². The average Bonchev–Trinajstić information content (AvgIpc) is 3.32. The normalized spacial score (nSPS) is 20.1. The van der Waals surface area contributed by atoms with Gasteiger partial charge in [0.2, 0.25) is 0 Å². The quantitative estimate of drug-likeness (QED) is 0.534. The van der Waals surface area contributed by atoms with E-state index in [0.29, 0.717) is 16.9 Å². The molecule has 0 unspecified atom stereocenters. The van der Waals surface area contributed by atoms with Crippen LogP contribution in [0.25, 0.3) is 16.5 Å². The maximum atomic E-state index is 14.1. The van der Waals surface area contributed by atoms with E-state index in [9.17, 15) is 12.8 Å². The third kappa shape index (κ3) is 3.25. The SMILES string of the molecule is O=S(=O)(c1ccc(Br)cc1)n1cc(C2=CCN3CCC[C@H]3C2)c2cc(F)ccc21. The summed E-state index contributed by atoms with van der Waals surface area (Å²) in [7, 11) is -3.79. The molecule has 0 bridgehead atoms. The summed E-state index contributed by atoms with van der Waals surface area (Å²) >= 11 is 3.34. The van der Waals surface area contributed by atoms with Crippen LogP contribution in [0.1, 0.15) is 24.8 Å². The molecule has 7 heteroatoms. The second-order valence-electron chi connectivity index (χ2n) is 7.68. The van der Waals surface area contributed by atoms with Crippen LogP contribution in [-0.2, 0) is 10.0 Å². The van der Waals surface area contributed by atoms with Crippen molar-refractivity contribution in [1.82, 2.24) is 8.87 Å². The molecular weight excluding hydrogens is 455 g/mol. The van der Waals surface area contributed by atoms with Gasteiger partial charge in [-0.25, -0.2) is 16.8 Å². The van der Waals surface area contributed by atoms with Gasteiger partial charge in [-0.15, -0.1) is 0 Å². The zero-order valence-corrected chi connectivity index (χ0v) is 18.1. The Labute approximate surface area is 177 Å². The lowest BCUT2D eigenvalue weighted by Crippen LogP contribution is -2.32. The van der Waals surface area contributed by atoms with Crippen LogP contribution in [0.5, 0.6) is 0 Å². The lowest BCUT2D eigenvalue weighted by Gasteiger charge is -2.29. The number of hydrogen-bond donors (Lipinski definition) is 0. The predicted octanol–water partition coefficient (Wildman–Crippen LogP) is 5.03. The molecule has 0 radical (unpaired) electrons. The molecule has 0 aliphatic carbocycles. The Morgan fingerprint density at radius 1 is 1.10 bits per heavy atom. The van der Waals surface area contributed by atoms with Gasteiger partial charge in [0.1, 0.15) is 5.82 Å². The Balaban J connectivity index is 1.67. The molecule has 150 valence electrons. The van der Waals surface area contributed by atoms with E-state index in [1.807, 2.05) is 0 Å². The molecule has 2 aliphatic heterocycles. The van der Waals surface area contributed by atoms with Gasteiger partial charge in [0.05, 0.1) is 10.4 Å². The molecular formula is C22H20BrFN2O2S. The second kappa shape index (κ2) is 7.07. The monoisotopic (exact) mass is 474 g/mol. The zero-order chi connectivity index (χ0) is 20.2. The summed E-state index contributed by atoms with van der Waals surface area (Å²) in [5.41, 5.74) is 2.42. The van der Waals surface area contributed by atoms with Crippen molar-refractivity contribution < 1.29 is 12.8 Å². The van der Waals surface area contributed by atoms with Crippen molar-refractivity contribution >= 4 is 42.4 Å². The number of rotatable bonds is 3. The lowest BCUT2D eigenvalue weighted by atomic mass is 9.94. The van der Waals surface area contributed by atoms with Gasteiger partial charge in [-0.2, -0.15) is 0 Å². The molecule has 2 aliphatic rings. The number of halogens is 2. The number of hydrogen-bond acceptors (Lipinski definition) is 3. The third-order valence-electron chi connectivity index (χ3n) is 5.98. The van der Waals surface area contributed by atoms with Crippen molar-refractivity contribution in [3.8, 4) is 0 Å². The highest BCUT2D eigenvalue weighted by Gasteiger charge is 2.30. The Bertz CT molecular complexity index is 1230. The minimum atomic E-state index is -3.79. The maximum Gasteiger partial charge on any atom is 0.268 e. The van der Waals surface area contributed by atoms with E-state index in [1.54, 1.807) is 36.5 Å². The first-order chi connectivity index (χ1) is 13.9. The van der Waals surface area contributed by atoms with E-state index in [4.69, 9.17) is 0 Å². The number of benzene rings is 2. The molecule has 1 saturated heterocycles. The van der Waals surface area contributed by atoms with Gasteiger partial charge in [0.25, 0.3) is 10.0 Å². The standard InChI is InChI=1S/C22H20BrFN2O2S/c23-16-3-6-19(7-4-16)29(27,28)26-14-21(20-13-17(24)5-8-22(20)26)15-9-11-25-10-1-2-18(25)12-15/h3-9,13-14,18H,1-2,10-12H2/t18-/m0/s1. The van der Waals surface area contributed by atoms with E-state index >= 15 is 0 Å². The smallest absolute Gasteiger partial charge is 0.268 e. The molecule has 2 aromatic carbocycles. The average molecular weight is 475 g/mol. The van der Waals surface area contributed by atoms with Gasteiger partial charge >= 0.3 is 0 Å². The highest BCUT2D eigenvalue weighted by atomic mass is 79.9. The first-order valence-corrected chi connectivity index (χ1v) is 11.9. The second-order valence-corrected chi connectivity index (χ2v) is 10.4. The molecule has 0 amide bonds. The van der Waals surface area contributed by atoms with Gasteiger partial charge in [-0.1, -0.05) is 22.0 Å². The fraction of sp³-hybridized carbons (Fsp3) is 0.273. The Hall–Kier alpha value is -1.96. The van der Waals surface area contributed by atoms with E-state index in [1.165, 1.54) is 22.5 Å². The minimum Gasteiger partial charge on any atom is -0.296 e. The van der Waals surface area contributed by atoms with Crippen LogP contribution in [0.4, 0.5) is 4.39 Å². The molecule has 1 aromatic heterocycles. The predicted molar refractivity (Wildman–Crippen MR) is 116 cm³/mol. The first kappa shape index (κ1) is 19.0. The fourth-order valence-electron chi connectivity index (χ4n) is 4.50. The van der Waals surface area contributed by atoms with E-state index < -0.39 is 10.0 Å². The van der Waals surface area contributed by atoms with Crippen LogP contribution >= 0.6 is 15.9 Å². The summed E-state index contributed by atoms with van der Waals surface area (Å²) in [6.45, 7) is 1.98. The number of nitrogens with zero attached hydrogens (tertiary/aromatic N) is 2. The molecule has 1 atom stereocenters. The Morgan fingerprint density at radius 3 is 2.69 bits per heavy atom. The number of aromatic nitrogens is 1. The van der Waals surface area contributed by atoms with Gasteiger partial charge in [-0.3, -0.25) is 4.90 Å². The molecule has 29 heavy (non-hydrogen) atoms. The van der Waals surface area contributed by atoms with Crippen molar-refractivity contribution in [1.29, 1.82) is 0 Å². The van der Waals surface area contributed by atoms with Crippen LogP contribution in [0.3, 0.4) is 0 Å². The summed E-state index contributed by atoms with van der Waals surface area (Å²) in [5, 5.41) is 0.642. The minimum absolute atomic E-state index is 0.202. The molecule has 0 saturated carbocycles. The van der Waals surface area contributed by atoms with Gasteiger partial charge < -0.3 is 0 Å². The van der Waals surface area contributed by atoms with E-state index in [0.717, 1.165) is 41.5 Å². The van der Waals surface area contributed by atoms with Crippen LogP contribution in [0.15, 0.2) is 64.1 Å². The van der Waals surface area contributed by atoms with E-state index in [2.05, 4.69) is 26.9 Å². The third-order valence-corrected chi connectivity index (χ3v) is 8.19. The van der Waals surface area contributed by atoms with Gasteiger partial charge in [-0.05, 0) is 73.8 Å². The largest absolute Gasteiger partial charge is 0.296 e. The zero-order valence-electron chi connectivity index (χ0n) is 15.7. The summed E-state index contributed by atoms with van der Waals surface area (Å²) in [6.07, 6.45) is 7.05. The van der Waals surface area contributed by atoms with Crippen molar-refractivity contribution in [2.45, 2.75) is 30.2 Å². The van der Waals surface area contributed by atoms with E-state index in [-0.39, 0.29) is 10.7 Å². The van der Waals surface area contributed by atoms with Crippen molar-refractivity contribution in [2.75, 3.05) is 13.1 Å². The summed E-state index contributed by atoms with van der Waals surface area (Å²) in [4.78, 5) is 2.66. The van der Waals surface area contributed by atoms with Crippen molar-refractivity contribution in [2.24, 2.45) is 0 Å². The van der Waals surface area contributed by atoms with Crippen LogP contribution in [-0.4, -0.2) is 36.4 Å². The summed E-state index contributed by atoms with van der Waals surface area (Å²) < 4.78 is 42.9. The van der Waals surface area contributed by atoms with Crippen LogP contribution < -0.4 is 0 Å². The molecule has 3 aromatic rings. The fourth-order valence-corrected chi connectivity index (χ4v) is 6.13. The topological polar surface area (TPSA) is 42.3 Å². The molecule has 0 N–H and O–H groups in total. The Morgan fingerprint density at radius 2 is 1.90 bits per heavy atom. The molecule has 4 nitrogen and oxygen atoms in total. The highest BCUT2D eigenvalue weighted by Crippen LogP contribution is 2.37. The van der Waals surface area contributed by atoms with Crippen molar-refractivity contribution in [3.05, 3.63) is 70.6 Å². The maximum absolute atomic E-state index is 14.1. The first-order valence-electron chi connectivity index (χ1n) is 9.69. The number of fused-ring (bicyclic) bond motifs is 2. The van der Waals surface area contributed by atoms with Gasteiger partial charge in [0.15, 0.2) is 0 Å². The van der Waals surface area contributed by atoms with Crippen LogP contribution in [0, 0.1) is 5.82 Å². The molecule has 3 heterocycles. The summed E-state index contributed by atoms with van der Waals surface area (Å²) in [5.74, 6) is -0.364. The van der Waals surface area contributed by atoms with Crippen molar-refractivity contribution in [3.63, 3.8) is 0 Å². The molecule has 1 fully saturated rings. The van der Waals surface area contributed by atoms with Crippen LogP contribution in [0.2, 0.25) is 0 Å². The molecule has 5 rings (SSSR count). The lowest BCUT2D eigenvalue weighted by molar-refractivity contribution is 0.275.